The Morgan fingerprint density at radius 3 is 2.84 bits per heavy atom. The van der Waals surface area contributed by atoms with Gasteiger partial charge in [0.15, 0.2) is 4.80 Å². The van der Waals surface area contributed by atoms with E-state index in [1.807, 2.05) is 16.7 Å². The summed E-state index contributed by atoms with van der Waals surface area (Å²) in [5.74, 6) is 2.81. The maximum absolute atomic E-state index is 12.6. The van der Waals surface area contributed by atoms with Crippen molar-refractivity contribution in [2.24, 2.45) is 4.99 Å². The van der Waals surface area contributed by atoms with Crippen LogP contribution >= 0.6 is 11.3 Å². The average molecular weight is 350 g/mol. The molecule has 3 rings (SSSR count). The molecule has 1 amide bonds. The van der Waals surface area contributed by atoms with E-state index in [1.54, 1.807) is 18.2 Å². The van der Waals surface area contributed by atoms with Crippen molar-refractivity contribution in [3.63, 3.8) is 0 Å². The molecule has 0 saturated heterocycles. The molecule has 0 radical (unpaired) electrons. The summed E-state index contributed by atoms with van der Waals surface area (Å²) in [6, 6.07) is 13.3. The van der Waals surface area contributed by atoms with Crippen molar-refractivity contribution in [2.45, 2.75) is 19.9 Å². The number of thiazole rings is 1. The molecule has 1 aromatic heterocycles. The summed E-state index contributed by atoms with van der Waals surface area (Å²) in [5, 5.41) is 0. The summed E-state index contributed by atoms with van der Waals surface area (Å²) in [6.45, 7) is 2.48. The Kier molecular flexibility index (Phi) is 5.01. The largest absolute Gasteiger partial charge is 0.496 e. The summed E-state index contributed by atoms with van der Waals surface area (Å²) in [5.41, 5.74) is 2.67. The number of fused-ring (bicyclic) bond motifs is 1. The van der Waals surface area contributed by atoms with Gasteiger partial charge in [0.25, 0.3) is 5.91 Å². The molecule has 0 bridgehead atoms. The van der Waals surface area contributed by atoms with E-state index in [1.165, 1.54) is 24.0 Å². The Bertz CT molecular complexity index is 1040. The molecule has 0 aliphatic carbocycles. The number of para-hydroxylation sites is 1. The topological polar surface area (TPSA) is 43.6 Å². The van der Waals surface area contributed by atoms with Gasteiger partial charge in [-0.15, -0.1) is 6.42 Å². The number of carbonyl (C=O) groups is 1. The summed E-state index contributed by atoms with van der Waals surface area (Å²) < 4.78 is 8.22. The molecule has 126 valence electrons. The summed E-state index contributed by atoms with van der Waals surface area (Å²) in [7, 11) is 1.54. The van der Waals surface area contributed by atoms with Gasteiger partial charge in [0.2, 0.25) is 0 Å². The van der Waals surface area contributed by atoms with Gasteiger partial charge in [0.1, 0.15) is 5.75 Å². The molecule has 4 nitrogen and oxygen atoms in total. The zero-order valence-electron chi connectivity index (χ0n) is 14.2. The second kappa shape index (κ2) is 7.37. The molecule has 0 aliphatic heterocycles. The molecule has 0 unspecified atom stereocenters. The maximum atomic E-state index is 12.6. The third-order valence-electron chi connectivity index (χ3n) is 3.94. The molecular formula is C20H18N2O2S. The fourth-order valence-electron chi connectivity index (χ4n) is 2.64. The van der Waals surface area contributed by atoms with Crippen molar-refractivity contribution in [3.05, 3.63) is 58.4 Å². The van der Waals surface area contributed by atoms with Gasteiger partial charge < -0.3 is 9.30 Å². The van der Waals surface area contributed by atoms with E-state index in [2.05, 4.69) is 30.0 Å². The first-order valence-electron chi connectivity index (χ1n) is 7.95. The van der Waals surface area contributed by atoms with Crippen molar-refractivity contribution in [1.29, 1.82) is 0 Å². The summed E-state index contributed by atoms with van der Waals surface area (Å²) in [4.78, 5) is 17.6. The highest BCUT2D eigenvalue weighted by Gasteiger charge is 2.12. The predicted molar refractivity (Wildman–Crippen MR) is 101 cm³/mol. The molecular weight excluding hydrogens is 332 g/mol. The summed E-state index contributed by atoms with van der Waals surface area (Å²) >= 11 is 1.47. The Labute approximate surface area is 150 Å². The molecule has 5 heteroatoms. The van der Waals surface area contributed by atoms with Crippen LogP contribution in [0, 0.1) is 12.3 Å². The smallest absolute Gasteiger partial charge is 0.283 e. The second-order valence-electron chi connectivity index (χ2n) is 5.45. The maximum Gasteiger partial charge on any atom is 0.283 e. The minimum atomic E-state index is -0.342. The van der Waals surface area contributed by atoms with Gasteiger partial charge in [-0.1, -0.05) is 42.4 Å². The normalized spacial score (nSPS) is 11.5. The number of hydrogen-bond donors (Lipinski definition) is 0. The molecule has 0 aliphatic rings. The van der Waals surface area contributed by atoms with Crippen LogP contribution in [0.25, 0.3) is 10.2 Å². The molecule has 3 aromatic rings. The van der Waals surface area contributed by atoms with Crippen molar-refractivity contribution in [3.8, 4) is 18.1 Å². The van der Waals surface area contributed by atoms with Crippen LogP contribution in [0.1, 0.15) is 22.8 Å². The minimum absolute atomic E-state index is 0.342. The molecule has 0 saturated carbocycles. The van der Waals surface area contributed by atoms with Gasteiger partial charge in [0.05, 0.1) is 29.4 Å². The van der Waals surface area contributed by atoms with Gasteiger partial charge >= 0.3 is 0 Å². The van der Waals surface area contributed by atoms with Crippen LogP contribution in [0.4, 0.5) is 0 Å². The highest BCUT2D eigenvalue weighted by Crippen LogP contribution is 2.21. The van der Waals surface area contributed by atoms with Gasteiger partial charge in [-0.3, -0.25) is 4.79 Å². The first-order valence-corrected chi connectivity index (χ1v) is 8.77. The second-order valence-corrected chi connectivity index (χ2v) is 6.46. The molecule has 0 atom stereocenters. The van der Waals surface area contributed by atoms with Crippen LogP contribution in [0.5, 0.6) is 5.75 Å². The van der Waals surface area contributed by atoms with E-state index >= 15 is 0 Å². The van der Waals surface area contributed by atoms with Crippen LogP contribution in [0.2, 0.25) is 0 Å². The van der Waals surface area contributed by atoms with E-state index in [4.69, 9.17) is 11.2 Å². The lowest BCUT2D eigenvalue weighted by molar-refractivity contribution is 0.0995. The number of terminal acetylenes is 1. The third-order valence-corrected chi connectivity index (χ3v) is 4.98. The van der Waals surface area contributed by atoms with Gasteiger partial charge in [0, 0.05) is 0 Å². The molecule has 25 heavy (non-hydrogen) atoms. The first-order chi connectivity index (χ1) is 12.2. The fraction of sp³-hybridized carbons (Fsp3) is 0.200. The quantitative estimate of drug-likeness (QED) is 0.674. The molecule has 2 aromatic carbocycles. The average Bonchev–Trinajstić information content (AvgIpc) is 2.98. The van der Waals surface area contributed by atoms with Gasteiger partial charge in [-0.2, -0.15) is 4.99 Å². The Balaban J connectivity index is 2.16. The number of carbonyl (C=O) groups excluding carboxylic acids is 1. The first kappa shape index (κ1) is 17.0. The van der Waals surface area contributed by atoms with Gasteiger partial charge in [-0.05, 0) is 36.2 Å². The van der Waals surface area contributed by atoms with Crippen LogP contribution in [-0.2, 0) is 13.0 Å². The number of hydrogen-bond acceptors (Lipinski definition) is 3. The monoisotopic (exact) mass is 350 g/mol. The SMILES string of the molecule is C#CCn1c(=NC(=O)c2ccccc2OC)sc2cc(CC)ccc21. The highest BCUT2D eigenvalue weighted by molar-refractivity contribution is 7.16. The van der Waals surface area contributed by atoms with Crippen LogP contribution in [0.3, 0.4) is 0 Å². The van der Waals surface area contributed by atoms with E-state index in [0.717, 1.165) is 16.6 Å². The lowest BCUT2D eigenvalue weighted by Gasteiger charge is -2.04. The number of amides is 1. The number of rotatable bonds is 4. The third kappa shape index (κ3) is 3.35. The van der Waals surface area contributed by atoms with Crippen molar-refractivity contribution in [2.75, 3.05) is 7.11 Å². The highest BCUT2D eigenvalue weighted by atomic mass is 32.1. The van der Waals surface area contributed by atoms with E-state index < -0.39 is 0 Å². The fourth-order valence-corrected chi connectivity index (χ4v) is 3.73. The predicted octanol–water partition coefficient (Wildman–Crippen LogP) is 3.65. The molecule has 0 fully saturated rings. The Hall–Kier alpha value is -2.84. The standard InChI is InChI=1S/C20H18N2O2S/c1-4-12-22-16-11-10-14(5-2)13-18(16)25-20(22)21-19(23)15-8-6-7-9-17(15)24-3/h1,6-11,13H,5,12H2,2-3H3. The van der Waals surface area contributed by atoms with Crippen molar-refractivity contribution >= 4 is 27.5 Å². The molecule has 0 N–H and O–H groups in total. The van der Waals surface area contributed by atoms with Crippen molar-refractivity contribution in [1.82, 2.24) is 4.57 Å². The lowest BCUT2D eigenvalue weighted by atomic mass is 10.2. The number of nitrogens with zero attached hydrogens (tertiary/aromatic N) is 2. The Morgan fingerprint density at radius 1 is 1.32 bits per heavy atom. The zero-order valence-corrected chi connectivity index (χ0v) is 15.0. The number of ether oxygens (including phenoxy) is 1. The molecule has 0 spiro atoms. The van der Waals surface area contributed by atoms with Crippen molar-refractivity contribution < 1.29 is 9.53 Å². The van der Waals surface area contributed by atoms with Gasteiger partial charge in [-0.25, -0.2) is 0 Å². The van der Waals surface area contributed by atoms with E-state index in [9.17, 15) is 4.79 Å². The summed E-state index contributed by atoms with van der Waals surface area (Å²) in [6.07, 6.45) is 6.46. The zero-order chi connectivity index (χ0) is 17.8. The van der Waals surface area contributed by atoms with E-state index in [0.29, 0.717) is 22.7 Å². The minimum Gasteiger partial charge on any atom is -0.496 e. The number of aromatic nitrogens is 1. The van der Waals surface area contributed by atoms with E-state index in [-0.39, 0.29) is 5.91 Å². The van der Waals surface area contributed by atoms with Crippen LogP contribution < -0.4 is 9.54 Å². The lowest BCUT2D eigenvalue weighted by Crippen LogP contribution is -2.16. The number of benzene rings is 2. The Morgan fingerprint density at radius 2 is 2.12 bits per heavy atom. The van der Waals surface area contributed by atoms with Crippen LogP contribution in [0.15, 0.2) is 47.5 Å². The van der Waals surface area contributed by atoms with Crippen LogP contribution in [-0.4, -0.2) is 17.6 Å². The molecule has 1 heterocycles. The number of methoxy groups -OCH3 is 1. The number of aryl methyl sites for hydroxylation is 1.